The quantitative estimate of drug-likeness (QED) is 0.719. The van der Waals surface area contributed by atoms with E-state index in [-0.39, 0.29) is 6.61 Å². The molecule has 1 aromatic heterocycles. The van der Waals surface area contributed by atoms with E-state index in [0.29, 0.717) is 40.8 Å². The molecule has 1 aromatic carbocycles. The average molecular weight is 439 g/mol. The van der Waals surface area contributed by atoms with Gasteiger partial charge in [-0.25, -0.2) is 9.59 Å². The number of hydrogen-bond donors (Lipinski definition) is 1. The maximum atomic E-state index is 12.4. The number of amides is 2. The predicted octanol–water partition coefficient (Wildman–Crippen LogP) is 3.33. The molecule has 0 spiro atoms. The van der Waals surface area contributed by atoms with E-state index in [2.05, 4.69) is 5.32 Å². The lowest BCUT2D eigenvalue weighted by Crippen LogP contribution is -2.35. The summed E-state index contributed by atoms with van der Waals surface area (Å²) in [4.78, 5) is 38.8. The number of methoxy groups -OCH3 is 2. The molecule has 0 atom stereocenters. The maximum Gasteiger partial charge on any atom is 0.409 e. The largest absolute Gasteiger partial charge is 0.484 e. The predicted molar refractivity (Wildman–Crippen MR) is 108 cm³/mol. The summed E-state index contributed by atoms with van der Waals surface area (Å²) in [5.41, 5.74) is 1.09. The summed E-state index contributed by atoms with van der Waals surface area (Å²) in [5.74, 6) is -0.464. The first-order chi connectivity index (χ1) is 13.9. The Hall–Kier alpha value is -2.78. The highest BCUT2D eigenvalue weighted by Gasteiger charge is 2.31. The number of benzene rings is 1. The van der Waals surface area contributed by atoms with Crippen LogP contribution in [0.4, 0.5) is 9.80 Å². The highest BCUT2D eigenvalue weighted by Crippen LogP contribution is 2.37. The third-order valence-electron chi connectivity index (χ3n) is 4.32. The Morgan fingerprint density at radius 3 is 2.55 bits per heavy atom. The van der Waals surface area contributed by atoms with E-state index in [4.69, 9.17) is 25.8 Å². The molecule has 0 saturated heterocycles. The summed E-state index contributed by atoms with van der Waals surface area (Å²) in [6.07, 6.45) is 0.0216. The second kappa shape index (κ2) is 9.15. The van der Waals surface area contributed by atoms with Crippen LogP contribution in [0.25, 0.3) is 0 Å². The van der Waals surface area contributed by atoms with Crippen molar-refractivity contribution in [2.24, 2.45) is 0 Å². The molecule has 154 valence electrons. The zero-order valence-corrected chi connectivity index (χ0v) is 17.4. The van der Waals surface area contributed by atoms with Gasteiger partial charge in [-0.2, -0.15) is 0 Å². The molecule has 0 unspecified atom stereocenters. The van der Waals surface area contributed by atoms with Crippen LogP contribution in [0.15, 0.2) is 24.3 Å². The Morgan fingerprint density at radius 2 is 1.90 bits per heavy atom. The smallest absolute Gasteiger partial charge is 0.409 e. The first-order valence-electron chi connectivity index (χ1n) is 8.67. The van der Waals surface area contributed by atoms with Gasteiger partial charge in [0.15, 0.2) is 6.61 Å². The monoisotopic (exact) mass is 438 g/mol. The number of carbonyl (C=O) groups excluding carboxylic acids is 3. The van der Waals surface area contributed by atoms with Crippen molar-refractivity contribution in [2.45, 2.75) is 13.0 Å². The third-order valence-corrected chi connectivity index (χ3v) is 5.70. The zero-order valence-electron chi connectivity index (χ0n) is 15.8. The summed E-state index contributed by atoms with van der Waals surface area (Å²) >= 11 is 7.06. The van der Waals surface area contributed by atoms with E-state index in [1.54, 1.807) is 24.3 Å². The Bertz CT molecular complexity index is 928. The molecule has 2 amide bonds. The Labute approximate surface area is 176 Å². The minimum absolute atomic E-state index is 0.237. The van der Waals surface area contributed by atoms with Crippen molar-refractivity contribution >= 4 is 45.9 Å². The number of fused-ring (bicyclic) bond motifs is 1. The van der Waals surface area contributed by atoms with Gasteiger partial charge < -0.3 is 24.4 Å². The average Bonchev–Trinajstić information content (AvgIpc) is 3.08. The number of anilines is 1. The van der Waals surface area contributed by atoms with Gasteiger partial charge in [0.2, 0.25) is 0 Å². The van der Waals surface area contributed by atoms with Crippen molar-refractivity contribution in [3.63, 3.8) is 0 Å². The van der Waals surface area contributed by atoms with Crippen LogP contribution in [0.2, 0.25) is 5.02 Å². The Kier molecular flexibility index (Phi) is 6.60. The van der Waals surface area contributed by atoms with E-state index in [1.165, 1.54) is 30.5 Å². The Morgan fingerprint density at radius 1 is 1.17 bits per heavy atom. The zero-order chi connectivity index (χ0) is 21.0. The van der Waals surface area contributed by atoms with Crippen LogP contribution in [0.3, 0.4) is 0 Å². The first kappa shape index (κ1) is 20.9. The fourth-order valence-electron chi connectivity index (χ4n) is 2.94. The van der Waals surface area contributed by atoms with Gasteiger partial charge in [0.1, 0.15) is 10.8 Å². The molecule has 2 aromatic rings. The number of carbonyl (C=O) groups is 3. The number of halogens is 1. The van der Waals surface area contributed by atoms with E-state index in [1.807, 2.05) is 0 Å². The number of esters is 1. The summed E-state index contributed by atoms with van der Waals surface area (Å²) in [7, 11) is 2.60. The van der Waals surface area contributed by atoms with Gasteiger partial charge in [0.05, 0.1) is 26.3 Å². The molecule has 29 heavy (non-hydrogen) atoms. The van der Waals surface area contributed by atoms with Crippen LogP contribution in [0.5, 0.6) is 5.75 Å². The summed E-state index contributed by atoms with van der Waals surface area (Å²) < 4.78 is 15.1. The fraction of sp³-hybridized carbons (Fsp3) is 0.316. The highest BCUT2D eigenvalue weighted by molar-refractivity contribution is 7.17. The number of ether oxygens (including phenoxy) is 3. The lowest BCUT2D eigenvalue weighted by molar-refractivity contribution is -0.118. The van der Waals surface area contributed by atoms with E-state index in [9.17, 15) is 14.4 Å². The molecule has 3 rings (SSSR count). The first-order valence-corrected chi connectivity index (χ1v) is 9.86. The molecule has 0 saturated carbocycles. The molecule has 0 fully saturated rings. The summed E-state index contributed by atoms with van der Waals surface area (Å²) in [5, 5.41) is 3.65. The molecule has 0 radical (unpaired) electrons. The van der Waals surface area contributed by atoms with Crippen LogP contribution in [-0.4, -0.2) is 50.2 Å². The molecule has 0 bridgehead atoms. The molecular weight excluding hydrogens is 420 g/mol. The van der Waals surface area contributed by atoms with Crippen LogP contribution in [-0.2, 0) is 27.2 Å². The topological polar surface area (TPSA) is 94.2 Å². The van der Waals surface area contributed by atoms with Gasteiger partial charge in [-0.05, 0) is 36.2 Å². The summed E-state index contributed by atoms with van der Waals surface area (Å²) in [6.45, 7) is 0.473. The molecule has 1 aliphatic heterocycles. The molecule has 8 nitrogen and oxygen atoms in total. The normalized spacial score (nSPS) is 12.7. The lowest BCUT2D eigenvalue weighted by Gasteiger charge is -2.25. The second-order valence-electron chi connectivity index (χ2n) is 6.13. The van der Waals surface area contributed by atoms with Gasteiger partial charge in [-0.3, -0.25) is 4.79 Å². The number of hydrogen-bond acceptors (Lipinski definition) is 7. The van der Waals surface area contributed by atoms with Gasteiger partial charge in [0.25, 0.3) is 5.91 Å². The van der Waals surface area contributed by atoms with Crippen molar-refractivity contribution in [1.29, 1.82) is 0 Å². The van der Waals surface area contributed by atoms with Crippen molar-refractivity contribution in [1.82, 2.24) is 4.90 Å². The fourth-order valence-corrected chi connectivity index (χ4v) is 4.33. The highest BCUT2D eigenvalue weighted by atomic mass is 35.5. The van der Waals surface area contributed by atoms with Gasteiger partial charge in [-0.15, -0.1) is 11.3 Å². The van der Waals surface area contributed by atoms with Gasteiger partial charge >= 0.3 is 12.1 Å². The number of rotatable bonds is 5. The van der Waals surface area contributed by atoms with Gasteiger partial charge in [0, 0.05) is 16.4 Å². The molecule has 0 aliphatic carbocycles. The maximum absolute atomic E-state index is 12.4. The van der Waals surface area contributed by atoms with Crippen molar-refractivity contribution < 1.29 is 28.6 Å². The molecular formula is C19H19ClN2O6S. The van der Waals surface area contributed by atoms with Crippen LogP contribution >= 0.6 is 22.9 Å². The van der Waals surface area contributed by atoms with Gasteiger partial charge in [-0.1, -0.05) is 11.6 Å². The van der Waals surface area contributed by atoms with Crippen molar-refractivity contribution in [2.75, 3.05) is 32.7 Å². The SMILES string of the molecule is COC(=O)c1c(NC(=O)COc2ccc(Cl)cc2)sc2c1CCN(C(=O)OC)C2. The third kappa shape index (κ3) is 4.80. The van der Waals surface area contributed by atoms with Crippen molar-refractivity contribution in [3.8, 4) is 5.75 Å². The van der Waals surface area contributed by atoms with Crippen LogP contribution in [0.1, 0.15) is 20.8 Å². The lowest BCUT2D eigenvalue weighted by atomic mass is 10.0. The minimum Gasteiger partial charge on any atom is -0.484 e. The number of thiophene rings is 1. The number of nitrogens with zero attached hydrogens (tertiary/aromatic N) is 1. The standard InChI is InChI=1S/C19H19ClN2O6S/c1-26-18(24)16-13-7-8-22(19(25)27-2)9-14(13)29-17(16)21-15(23)10-28-12-5-3-11(20)4-6-12/h3-6H,7-10H2,1-2H3,(H,21,23). The molecule has 1 aliphatic rings. The van der Waals surface area contributed by atoms with Crippen molar-refractivity contribution in [3.05, 3.63) is 45.3 Å². The Balaban J connectivity index is 1.75. The second-order valence-corrected chi connectivity index (χ2v) is 7.67. The van der Waals surface area contributed by atoms with Crippen LogP contribution in [0, 0.1) is 0 Å². The van der Waals surface area contributed by atoms with E-state index < -0.39 is 18.0 Å². The van der Waals surface area contributed by atoms with E-state index >= 15 is 0 Å². The number of nitrogens with one attached hydrogen (secondary N) is 1. The molecule has 1 N–H and O–H groups in total. The van der Waals surface area contributed by atoms with E-state index in [0.717, 1.165) is 10.4 Å². The van der Waals surface area contributed by atoms with Crippen LogP contribution < -0.4 is 10.1 Å². The molecule has 2 heterocycles. The minimum atomic E-state index is -0.539. The summed E-state index contributed by atoms with van der Waals surface area (Å²) in [6, 6.07) is 6.62. The molecule has 10 heteroatoms.